The second kappa shape index (κ2) is 7.26. The van der Waals surface area contributed by atoms with Gasteiger partial charge in [-0.05, 0) is 31.4 Å². The Kier molecular flexibility index (Phi) is 5.36. The maximum absolute atomic E-state index is 12.5. The lowest BCUT2D eigenvalue weighted by Gasteiger charge is -2.31. The van der Waals surface area contributed by atoms with Gasteiger partial charge >= 0.3 is 0 Å². The Morgan fingerprint density at radius 1 is 1.35 bits per heavy atom. The van der Waals surface area contributed by atoms with Gasteiger partial charge in [-0.1, -0.05) is 39.0 Å². The number of carbonyl (C=O) groups excluding carboxylic acids is 2. The van der Waals surface area contributed by atoms with E-state index in [1.807, 2.05) is 25.1 Å². The fraction of sp³-hybridized carbons (Fsp3) is 0.471. The molecule has 1 aromatic rings. The second-order valence-electron chi connectivity index (χ2n) is 6.01. The van der Waals surface area contributed by atoms with Crippen LogP contribution in [-0.2, 0) is 9.59 Å². The summed E-state index contributed by atoms with van der Waals surface area (Å²) in [6, 6.07) is 8.64. The molecule has 0 saturated heterocycles. The standard InChI is InChI=1S/C17H24N4O2/c1-5-14(11(2)3)19-16(22)15-18-12(4)17(23)21(20-15)13-9-7-6-8-10-13/h6-12,14H,5H2,1-4H3,(H,18,20)(H,19,22). The second-order valence-corrected chi connectivity index (χ2v) is 6.01. The molecule has 1 aliphatic heterocycles. The topological polar surface area (TPSA) is 73.8 Å². The van der Waals surface area contributed by atoms with Crippen LogP contribution in [0.4, 0.5) is 5.69 Å². The van der Waals surface area contributed by atoms with Crippen LogP contribution in [0.1, 0.15) is 34.1 Å². The molecular weight excluding hydrogens is 292 g/mol. The zero-order valence-electron chi connectivity index (χ0n) is 14.0. The summed E-state index contributed by atoms with van der Waals surface area (Å²) in [6.07, 6.45) is 0.841. The lowest BCUT2D eigenvalue weighted by molar-refractivity contribution is -0.120. The van der Waals surface area contributed by atoms with Gasteiger partial charge in [0.25, 0.3) is 11.8 Å². The molecule has 124 valence electrons. The maximum atomic E-state index is 12.5. The summed E-state index contributed by atoms with van der Waals surface area (Å²) in [7, 11) is 0. The molecule has 0 saturated carbocycles. The summed E-state index contributed by atoms with van der Waals surface area (Å²) in [5.41, 5.74) is 3.52. The molecule has 0 radical (unpaired) electrons. The van der Waals surface area contributed by atoms with Crippen LogP contribution in [0, 0.1) is 5.92 Å². The number of benzene rings is 1. The predicted octanol–water partition coefficient (Wildman–Crippen LogP) is 1.88. The molecule has 2 atom stereocenters. The predicted molar refractivity (Wildman–Crippen MR) is 91.0 cm³/mol. The van der Waals surface area contributed by atoms with Gasteiger partial charge in [-0.2, -0.15) is 0 Å². The molecule has 0 fully saturated rings. The molecule has 2 amide bonds. The minimum atomic E-state index is -0.601. The molecular formula is C17H24N4O2. The normalized spacial score (nSPS) is 19.2. The number of nitrogens with zero attached hydrogens (tertiary/aromatic N) is 2. The van der Waals surface area contributed by atoms with Crippen molar-refractivity contribution in [2.75, 3.05) is 5.01 Å². The quantitative estimate of drug-likeness (QED) is 0.871. The number of nitrogens with one attached hydrogen (secondary N) is 2. The summed E-state index contributed by atoms with van der Waals surface area (Å²) in [5.74, 6) is 0.0203. The van der Waals surface area contributed by atoms with Crippen molar-refractivity contribution in [3.63, 3.8) is 0 Å². The molecule has 2 unspecified atom stereocenters. The third kappa shape index (κ3) is 3.88. The number of amides is 2. The molecule has 0 bridgehead atoms. The van der Waals surface area contributed by atoms with Crippen molar-refractivity contribution in [1.29, 1.82) is 0 Å². The lowest BCUT2D eigenvalue weighted by Crippen LogP contribution is -2.59. The molecule has 2 rings (SSSR count). The van der Waals surface area contributed by atoms with Crippen LogP contribution < -0.4 is 15.8 Å². The Bertz CT molecular complexity index is 598. The lowest BCUT2D eigenvalue weighted by atomic mass is 10.0. The first-order chi connectivity index (χ1) is 10.9. The van der Waals surface area contributed by atoms with Gasteiger partial charge < -0.3 is 5.32 Å². The van der Waals surface area contributed by atoms with Gasteiger partial charge in [-0.15, -0.1) is 0 Å². The minimum absolute atomic E-state index is 0.0742. The number of rotatable bonds is 5. The Balaban J connectivity index is 2.18. The van der Waals surface area contributed by atoms with Crippen LogP contribution in [0.15, 0.2) is 35.3 Å². The maximum Gasteiger partial charge on any atom is 0.288 e. The average Bonchev–Trinajstić information content (AvgIpc) is 2.55. The number of anilines is 1. The van der Waals surface area contributed by atoms with Crippen molar-refractivity contribution < 1.29 is 9.59 Å². The first kappa shape index (κ1) is 17.0. The zero-order chi connectivity index (χ0) is 17.0. The van der Waals surface area contributed by atoms with E-state index >= 15 is 0 Å². The monoisotopic (exact) mass is 316 g/mol. The van der Waals surface area contributed by atoms with Crippen LogP contribution in [-0.4, -0.2) is 29.7 Å². The minimum Gasteiger partial charge on any atom is -0.346 e. The highest BCUT2D eigenvalue weighted by Crippen LogP contribution is 2.16. The van der Waals surface area contributed by atoms with Crippen molar-refractivity contribution in [3.05, 3.63) is 30.3 Å². The molecule has 0 spiro atoms. The summed E-state index contributed by atoms with van der Waals surface area (Å²) in [4.78, 5) is 29.0. The number of hydrazine groups is 1. The third-order valence-electron chi connectivity index (χ3n) is 3.91. The first-order valence-electron chi connectivity index (χ1n) is 7.98. The van der Waals surface area contributed by atoms with Gasteiger partial charge in [-0.25, -0.2) is 10.0 Å². The molecule has 2 N–H and O–H groups in total. The van der Waals surface area contributed by atoms with Gasteiger partial charge in [0.2, 0.25) is 5.84 Å². The Labute approximate surface area is 136 Å². The van der Waals surface area contributed by atoms with Crippen molar-refractivity contribution in [3.8, 4) is 0 Å². The average molecular weight is 316 g/mol. The molecule has 1 aliphatic rings. The first-order valence-corrected chi connectivity index (χ1v) is 7.98. The van der Waals surface area contributed by atoms with E-state index in [1.54, 1.807) is 19.1 Å². The molecule has 6 nitrogen and oxygen atoms in total. The number of amidine groups is 1. The number of para-hydroxylation sites is 1. The highest BCUT2D eigenvalue weighted by molar-refractivity contribution is 6.39. The van der Waals surface area contributed by atoms with Crippen LogP contribution in [0.3, 0.4) is 0 Å². The fourth-order valence-electron chi connectivity index (χ4n) is 2.48. The largest absolute Gasteiger partial charge is 0.346 e. The van der Waals surface area contributed by atoms with Crippen LogP contribution >= 0.6 is 0 Å². The smallest absolute Gasteiger partial charge is 0.288 e. The highest BCUT2D eigenvalue weighted by atomic mass is 16.2. The Morgan fingerprint density at radius 3 is 2.57 bits per heavy atom. The highest BCUT2D eigenvalue weighted by Gasteiger charge is 2.31. The molecule has 0 aliphatic carbocycles. The molecule has 23 heavy (non-hydrogen) atoms. The third-order valence-corrected chi connectivity index (χ3v) is 3.91. The molecule has 0 aromatic heterocycles. The molecule has 1 heterocycles. The van der Waals surface area contributed by atoms with E-state index < -0.39 is 6.04 Å². The van der Waals surface area contributed by atoms with E-state index in [-0.39, 0.29) is 23.7 Å². The summed E-state index contributed by atoms with van der Waals surface area (Å²) >= 11 is 0. The van der Waals surface area contributed by atoms with E-state index in [0.717, 1.165) is 6.42 Å². The van der Waals surface area contributed by atoms with Gasteiger partial charge in [-0.3, -0.25) is 15.0 Å². The van der Waals surface area contributed by atoms with Crippen LogP contribution in [0.25, 0.3) is 0 Å². The van der Waals surface area contributed by atoms with Crippen LogP contribution in [0.5, 0.6) is 0 Å². The number of hydrogen-bond acceptors (Lipinski definition) is 4. The number of aliphatic imine (C=N–C) groups is 1. The molecule has 6 heteroatoms. The van der Waals surface area contributed by atoms with Gasteiger partial charge in [0, 0.05) is 6.04 Å². The van der Waals surface area contributed by atoms with Gasteiger partial charge in [0.1, 0.15) is 6.04 Å². The summed E-state index contributed by atoms with van der Waals surface area (Å²) in [5, 5.41) is 4.35. The molecule has 1 aromatic carbocycles. The van der Waals surface area contributed by atoms with Crippen LogP contribution in [0.2, 0.25) is 0 Å². The summed E-state index contributed by atoms with van der Waals surface area (Å²) in [6.45, 7) is 7.84. The van der Waals surface area contributed by atoms with E-state index in [2.05, 4.69) is 29.6 Å². The number of hydrogen-bond donors (Lipinski definition) is 2. The SMILES string of the molecule is CCC(NC(=O)C1=NC(C)C(=O)N(c2ccccc2)N1)C(C)C. The fourth-order valence-corrected chi connectivity index (χ4v) is 2.48. The van der Waals surface area contributed by atoms with Gasteiger partial charge in [0.05, 0.1) is 5.69 Å². The van der Waals surface area contributed by atoms with E-state index in [0.29, 0.717) is 11.6 Å². The zero-order valence-corrected chi connectivity index (χ0v) is 14.0. The van der Waals surface area contributed by atoms with Gasteiger partial charge in [0.15, 0.2) is 0 Å². The Hall–Kier alpha value is -2.37. The van der Waals surface area contributed by atoms with E-state index in [1.165, 1.54) is 5.01 Å². The Morgan fingerprint density at radius 2 is 2.00 bits per heavy atom. The van der Waals surface area contributed by atoms with E-state index in [9.17, 15) is 9.59 Å². The van der Waals surface area contributed by atoms with E-state index in [4.69, 9.17) is 0 Å². The number of carbonyl (C=O) groups is 2. The van der Waals surface area contributed by atoms with Crippen molar-refractivity contribution in [2.24, 2.45) is 10.9 Å². The van der Waals surface area contributed by atoms with Crippen molar-refractivity contribution in [2.45, 2.75) is 46.2 Å². The summed E-state index contributed by atoms with van der Waals surface area (Å²) < 4.78 is 0. The van der Waals surface area contributed by atoms with Crippen molar-refractivity contribution >= 4 is 23.3 Å². The van der Waals surface area contributed by atoms with Crippen molar-refractivity contribution in [1.82, 2.24) is 10.7 Å².